The Balaban J connectivity index is 2.93. The van der Waals surface area contributed by atoms with Gasteiger partial charge in [0.15, 0.2) is 0 Å². The molecule has 2 nitrogen and oxygen atoms in total. The lowest BCUT2D eigenvalue weighted by atomic mass is 10.2. The van der Waals surface area contributed by atoms with Gasteiger partial charge in [0.1, 0.15) is 0 Å². The predicted molar refractivity (Wildman–Crippen MR) is 52.4 cm³/mol. The normalized spacial score (nSPS) is 17.4. The maximum absolute atomic E-state index is 5.72. The number of nitrogens with two attached hydrogens (primary N) is 1. The average molecular weight is 164 g/mol. The molecule has 0 saturated carbocycles. The van der Waals surface area contributed by atoms with Crippen molar-refractivity contribution in [1.29, 1.82) is 0 Å². The van der Waals surface area contributed by atoms with Gasteiger partial charge in [-0.15, -0.1) is 0 Å². The molecule has 0 aliphatic heterocycles. The van der Waals surface area contributed by atoms with E-state index < -0.39 is 0 Å². The molecule has 0 unspecified atom stereocenters. The largest absolute Gasteiger partial charge is 0.399 e. The van der Waals surface area contributed by atoms with Gasteiger partial charge in [0.2, 0.25) is 0 Å². The molecule has 0 heterocycles. The molecule has 0 radical (unpaired) electrons. The van der Waals surface area contributed by atoms with Gasteiger partial charge in [0, 0.05) is 25.5 Å². The van der Waals surface area contributed by atoms with E-state index in [0.29, 0.717) is 0 Å². The maximum atomic E-state index is 5.72. The summed E-state index contributed by atoms with van der Waals surface area (Å²) in [5.41, 5.74) is 9.07. The highest BCUT2D eigenvalue weighted by Crippen LogP contribution is 2.17. The van der Waals surface area contributed by atoms with Crippen LogP contribution in [0.25, 0.3) is 0 Å². The molecule has 1 aliphatic rings. The van der Waals surface area contributed by atoms with Gasteiger partial charge in [-0.3, -0.25) is 0 Å². The van der Waals surface area contributed by atoms with Gasteiger partial charge >= 0.3 is 0 Å². The van der Waals surface area contributed by atoms with Crippen LogP contribution in [0.15, 0.2) is 35.2 Å². The van der Waals surface area contributed by atoms with Gasteiger partial charge in [-0.1, -0.05) is 12.2 Å². The lowest BCUT2D eigenvalue weighted by molar-refractivity contribution is 0.520. The molecule has 0 atom stereocenters. The minimum absolute atomic E-state index is 0.862. The molecule has 66 valence electrons. The van der Waals surface area contributed by atoms with Crippen LogP contribution in [-0.2, 0) is 0 Å². The summed E-state index contributed by atoms with van der Waals surface area (Å²) in [6, 6.07) is 0. The Labute approximate surface area is 74.0 Å². The van der Waals surface area contributed by atoms with Crippen LogP contribution in [0.5, 0.6) is 0 Å². The van der Waals surface area contributed by atoms with Gasteiger partial charge < -0.3 is 10.6 Å². The number of hydrogen-bond donors (Lipinski definition) is 1. The van der Waals surface area contributed by atoms with Crippen LogP contribution in [0.1, 0.15) is 13.3 Å². The third-order valence-corrected chi connectivity index (χ3v) is 1.93. The minimum atomic E-state index is 0.862. The molecule has 12 heavy (non-hydrogen) atoms. The molecule has 2 N–H and O–H groups in total. The molecule has 0 bridgehead atoms. The van der Waals surface area contributed by atoms with E-state index in [2.05, 4.69) is 17.9 Å². The van der Waals surface area contributed by atoms with Crippen LogP contribution in [0, 0.1) is 0 Å². The van der Waals surface area contributed by atoms with Crippen LogP contribution in [-0.4, -0.2) is 19.0 Å². The maximum Gasteiger partial charge on any atom is 0.0354 e. The number of nitrogens with zero attached hydrogens (tertiary/aromatic N) is 1. The van der Waals surface area contributed by atoms with Crippen molar-refractivity contribution >= 4 is 0 Å². The monoisotopic (exact) mass is 164 g/mol. The van der Waals surface area contributed by atoms with Crippen LogP contribution in [0.2, 0.25) is 0 Å². The summed E-state index contributed by atoms with van der Waals surface area (Å²) in [4.78, 5) is 2.11. The Morgan fingerprint density at radius 1 is 1.33 bits per heavy atom. The molecule has 0 aromatic rings. The third kappa shape index (κ3) is 1.91. The molecule has 0 saturated heterocycles. The van der Waals surface area contributed by atoms with Crippen LogP contribution in [0.4, 0.5) is 0 Å². The van der Waals surface area contributed by atoms with Crippen molar-refractivity contribution in [2.45, 2.75) is 13.3 Å². The van der Waals surface area contributed by atoms with Crippen molar-refractivity contribution in [3.05, 3.63) is 35.2 Å². The second kappa shape index (κ2) is 3.48. The Bertz CT molecular complexity index is 257. The highest BCUT2D eigenvalue weighted by molar-refractivity contribution is 5.36. The number of rotatable bonds is 1. The molecule has 2 heteroatoms. The number of hydrogen-bond acceptors (Lipinski definition) is 2. The summed E-state index contributed by atoms with van der Waals surface area (Å²) < 4.78 is 0. The number of allylic oxidation sites excluding steroid dienone is 4. The topological polar surface area (TPSA) is 29.3 Å². The number of likely N-dealkylation sites (N-methyl/N-ethyl adjacent to an activating group) is 1. The standard InChI is InChI=1S/C10H16N2/c1-8-7-9(11)5-4-6-10(8)12(2)3/h5-7H,4,11H2,1-3H3. The molecule has 0 spiro atoms. The Morgan fingerprint density at radius 3 is 2.58 bits per heavy atom. The molecule has 0 fully saturated rings. The predicted octanol–water partition coefficient (Wildman–Crippen LogP) is 1.62. The van der Waals surface area contributed by atoms with Crippen molar-refractivity contribution in [2.24, 2.45) is 5.73 Å². The molecule has 0 aromatic heterocycles. The van der Waals surface area contributed by atoms with E-state index in [-0.39, 0.29) is 0 Å². The summed E-state index contributed by atoms with van der Waals surface area (Å²) in [7, 11) is 4.09. The van der Waals surface area contributed by atoms with Crippen molar-refractivity contribution in [3.63, 3.8) is 0 Å². The van der Waals surface area contributed by atoms with Crippen LogP contribution < -0.4 is 5.73 Å². The molecule has 1 aliphatic carbocycles. The van der Waals surface area contributed by atoms with Gasteiger partial charge in [0.05, 0.1) is 0 Å². The van der Waals surface area contributed by atoms with E-state index >= 15 is 0 Å². The first-order chi connectivity index (χ1) is 5.61. The van der Waals surface area contributed by atoms with Crippen LogP contribution in [0.3, 0.4) is 0 Å². The minimum Gasteiger partial charge on any atom is -0.399 e. The first-order valence-corrected chi connectivity index (χ1v) is 4.13. The quantitative estimate of drug-likeness (QED) is 0.638. The zero-order valence-corrected chi connectivity index (χ0v) is 7.96. The fourth-order valence-electron chi connectivity index (χ4n) is 1.39. The first-order valence-electron chi connectivity index (χ1n) is 4.13. The van der Waals surface area contributed by atoms with Gasteiger partial charge in [-0.2, -0.15) is 0 Å². The summed E-state index contributed by atoms with van der Waals surface area (Å²) in [5.74, 6) is 0. The average Bonchev–Trinajstić information content (AvgIpc) is 2.10. The first kappa shape index (κ1) is 8.91. The van der Waals surface area contributed by atoms with Crippen LogP contribution >= 0.6 is 0 Å². The van der Waals surface area contributed by atoms with Crippen molar-refractivity contribution in [2.75, 3.05) is 14.1 Å². The van der Waals surface area contributed by atoms with Crippen molar-refractivity contribution in [1.82, 2.24) is 4.90 Å². The molecule has 0 aromatic carbocycles. The van der Waals surface area contributed by atoms with E-state index in [1.54, 1.807) is 0 Å². The zero-order chi connectivity index (χ0) is 9.14. The third-order valence-electron chi connectivity index (χ3n) is 1.93. The van der Waals surface area contributed by atoms with E-state index in [4.69, 9.17) is 5.73 Å². The van der Waals surface area contributed by atoms with E-state index in [1.807, 2.05) is 26.2 Å². The Morgan fingerprint density at radius 2 is 2.00 bits per heavy atom. The zero-order valence-electron chi connectivity index (χ0n) is 7.96. The lowest BCUT2D eigenvalue weighted by Crippen LogP contribution is -2.11. The molecule has 1 rings (SSSR count). The van der Waals surface area contributed by atoms with Crippen molar-refractivity contribution in [3.8, 4) is 0 Å². The van der Waals surface area contributed by atoms with Gasteiger partial charge in [0.25, 0.3) is 0 Å². The highest BCUT2D eigenvalue weighted by atomic mass is 15.1. The van der Waals surface area contributed by atoms with Gasteiger partial charge in [-0.05, 0) is 25.0 Å². The van der Waals surface area contributed by atoms with Crippen molar-refractivity contribution < 1.29 is 0 Å². The van der Waals surface area contributed by atoms with Gasteiger partial charge in [-0.25, -0.2) is 0 Å². The molecular weight excluding hydrogens is 148 g/mol. The molecular formula is C10H16N2. The SMILES string of the molecule is CC1=CC(N)=CCC=C1N(C)C. The summed E-state index contributed by atoms with van der Waals surface area (Å²) in [6.45, 7) is 2.08. The van der Waals surface area contributed by atoms with E-state index in [0.717, 1.165) is 12.1 Å². The highest BCUT2D eigenvalue weighted by Gasteiger charge is 2.04. The fourth-order valence-corrected chi connectivity index (χ4v) is 1.39. The summed E-state index contributed by atoms with van der Waals surface area (Å²) in [5, 5.41) is 0. The second-order valence-corrected chi connectivity index (χ2v) is 3.25. The summed E-state index contributed by atoms with van der Waals surface area (Å²) in [6.07, 6.45) is 7.15. The fraction of sp³-hybridized carbons (Fsp3) is 0.400. The smallest absolute Gasteiger partial charge is 0.0354 e. The van der Waals surface area contributed by atoms with E-state index in [1.165, 1.54) is 11.3 Å². The van der Waals surface area contributed by atoms with E-state index in [9.17, 15) is 0 Å². The second-order valence-electron chi connectivity index (χ2n) is 3.25. The lowest BCUT2D eigenvalue weighted by Gasteiger charge is -2.17. The Kier molecular flexibility index (Phi) is 2.58. The molecule has 0 amide bonds. The summed E-state index contributed by atoms with van der Waals surface area (Å²) >= 11 is 0. The Hall–Kier alpha value is -1.18.